The van der Waals surface area contributed by atoms with E-state index in [1.165, 1.54) is 36.2 Å². The Balaban J connectivity index is 1.87. The molecule has 22 heavy (non-hydrogen) atoms. The molecule has 0 spiro atoms. The molecule has 2 rings (SSSR count). The summed E-state index contributed by atoms with van der Waals surface area (Å²) in [7, 11) is 1.47. The first-order valence-electron chi connectivity index (χ1n) is 6.91. The number of hydrogen-bond donors (Lipinski definition) is 1. The standard InChI is InChI=1S/C14H17N3O5/c1-16(9-13(18)12-3-2-8-15-12)14(19)22-11-6-4-10(5-7-11)17(20)21/h4-7,12,15H,2-3,8-9H2,1H3/t12-/m0/s1. The van der Waals surface area contributed by atoms with Crippen molar-refractivity contribution >= 4 is 17.6 Å². The SMILES string of the molecule is CN(CC(=O)[C@@H]1CCCN1)C(=O)Oc1ccc([N+](=O)[O-])cc1. The molecular formula is C14H17N3O5. The minimum absolute atomic E-state index is 0.0382. The van der Waals surface area contributed by atoms with E-state index in [0.717, 1.165) is 19.4 Å². The Morgan fingerprint density at radius 1 is 1.41 bits per heavy atom. The molecule has 1 aromatic carbocycles. The summed E-state index contributed by atoms with van der Waals surface area (Å²) in [4.78, 5) is 35.0. The average Bonchev–Trinajstić information content (AvgIpc) is 3.02. The van der Waals surface area contributed by atoms with Gasteiger partial charge in [-0.15, -0.1) is 0 Å². The van der Waals surface area contributed by atoms with E-state index in [1.807, 2.05) is 0 Å². The van der Waals surface area contributed by atoms with Gasteiger partial charge in [-0.3, -0.25) is 14.9 Å². The van der Waals surface area contributed by atoms with Gasteiger partial charge in [-0.05, 0) is 31.5 Å². The van der Waals surface area contributed by atoms with Crippen LogP contribution in [0.1, 0.15) is 12.8 Å². The number of carbonyl (C=O) groups is 2. The second-order valence-electron chi connectivity index (χ2n) is 5.09. The van der Waals surface area contributed by atoms with E-state index < -0.39 is 11.0 Å². The fraction of sp³-hybridized carbons (Fsp3) is 0.429. The first-order valence-corrected chi connectivity index (χ1v) is 6.91. The molecule has 1 N–H and O–H groups in total. The number of benzene rings is 1. The van der Waals surface area contributed by atoms with Gasteiger partial charge >= 0.3 is 6.09 Å². The third-order valence-electron chi connectivity index (χ3n) is 3.41. The maximum absolute atomic E-state index is 11.9. The van der Waals surface area contributed by atoms with Gasteiger partial charge < -0.3 is 15.0 Å². The Morgan fingerprint density at radius 3 is 2.64 bits per heavy atom. The van der Waals surface area contributed by atoms with Crippen molar-refractivity contribution in [1.29, 1.82) is 0 Å². The highest BCUT2D eigenvalue weighted by molar-refractivity contribution is 5.88. The van der Waals surface area contributed by atoms with E-state index in [-0.39, 0.29) is 29.8 Å². The summed E-state index contributed by atoms with van der Waals surface area (Å²) in [5, 5.41) is 13.6. The minimum Gasteiger partial charge on any atom is -0.410 e. The van der Waals surface area contributed by atoms with Crippen LogP contribution in [0.15, 0.2) is 24.3 Å². The van der Waals surface area contributed by atoms with Gasteiger partial charge in [0.05, 0.1) is 17.5 Å². The molecule has 0 unspecified atom stereocenters. The molecule has 1 atom stereocenters. The Labute approximate surface area is 127 Å². The molecule has 1 heterocycles. The number of nitrogens with one attached hydrogen (secondary N) is 1. The van der Waals surface area contributed by atoms with Crippen LogP contribution < -0.4 is 10.1 Å². The summed E-state index contributed by atoms with van der Waals surface area (Å²) in [5.41, 5.74) is -0.0874. The van der Waals surface area contributed by atoms with E-state index in [9.17, 15) is 19.7 Å². The molecule has 0 bridgehead atoms. The number of ketones is 1. The lowest BCUT2D eigenvalue weighted by atomic mass is 10.1. The molecule has 0 aromatic heterocycles. The van der Waals surface area contributed by atoms with E-state index in [0.29, 0.717) is 0 Å². The molecule has 1 saturated heterocycles. The number of nitro benzene ring substituents is 1. The van der Waals surface area contributed by atoms with E-state index in [2.05, 4.69) is 5.32 Å². The number of likely N-dealkylation sites (N-methyl/N-ethyl adjacent to an activating group) is 1. The molecular weight excluding hydrogens is 290 g/mol. The number of hydrogen-bond acceptors (Lipinski definition) is 6. The monoisotopic (exact) mass is 307 g/mol. The Morgan fingerprint density at radius 2 is 2.09 bits per heavy atom. The third-order valence-corrected chi connectivity index (χ3v) is 3.41. The Hall–Kier alpha value is -2.48. The van der Waals surface area contributed by atoms with Gasteiger partial charge in [-0.25, -0.2) is 4.79 Å². The lowest BCUT2D eigenvalue weighted by molar-refractivity contribution is -0.384. The van der Waals surface area contributed by atoms with Crippen molar-refractivity contribution in [2.75, 3.05) is 20.1 Å². The fourth-order valence-corrected chi connectivity index (χ4v) is 2.18. The first-order chi connectivity index (χ1) is 10.5. The number of carbonyl (C=O) groups excluding carboxylic acids is 2. The van der Waals surface area contributed by atoms with Crippen LogP contribution in [0.2, 0.25) is 0 Å². The predicted octanol–water partition coefficient (Wildman–Crippen LogP) is 1.35. The van der Waals surface area contributed by atoms with Crippen molar-refractivity contribution in [3.05, 3.63) is 34.4 Å². The van der Waals surface area contributed by atoms with Crippen LogP contribution in [0.25, 0.3) is 0 Å². The van der Waals surface area contributed by atoms with Crippen molar-refractivity contribution in [3.8, 4) is 5.75 Å². The predicted molar refractivity (Wildman–Crippen MR) is 77.8 cm³/mol. The summed E-state index contributed by atoms with van der Waals surface area (Å²) in [6, 6.07) is 4.97. The normalized spacial score (nSPS) is 17.0. The maximum Gasteiger partial charge on any atom is 0.415 e. The van der Waals surface area contributed by atoms with Gasteiger partial charge in [0.25, 0.3) is 5.69 Å². The van der Waals surface area contributed by atoms with Crippen molar-refractivity contribution in [3.63, 3.8) is 0 Å². The summed E-state index contributed by atoms with van der Waals surface area (Å²) in [5.74, 6) is 0.134. The molecule has 1 fully saturated rings. The molecule has 8 heteroatoms. The van der Waals surface area contributed by atoms with E-state index in [1.54, 1.807) is 0 Å². The smallest absolute Gasteiger partial charge is 0.410 e. The second-order valence-corrected chi connectivity index (χ2v) is 5.09. The minimum atomic E-state index is -0.680. The largest absolute Gasteiger partial charge is 0.415 e. The van der Waals surface area contributed by atoms with E-state index >= 15 is 0 Å². The summed E-state index contributed by atoms with van der Waals surface area (Å²) in [6.45, 7) is 0.775. The summed E-state index contributed by atoms with van der Waals surface area (Å²) in [6.07, 6.45) is 1.05. The van der Waals surface area contributed by atoms with Crippen LogP contribution in [0.3, 0.4) is 0 Å². The maximum atomic E-state index is 11.9. The molecule has 1 aliphatic rings. The zero-order valence-electron chi connectivity index (χ0n) is 12.2. The molecule has 118 valence electrons. The fourth-order valence-electron chi connectivity index (χ4n) is 2.18. The molecule has 1 aliphatic heterocycles. The molecule has 0 radical (unpaired) electrons. The molecule has 8 nitrogen and oxygen atoms in total. The molecule has 1 aromatic rings. The summed E-state index contributed by atoms with van der Waals surface area (Å²) < 4.78 is 5.07. The lowest BCUT2D eigenvalue weighted by Gasteiger charge is -2.18. The molecule has 0 aliphatic carbocycles. The number of rotatable bonds is 5. The highest BCUT2D eigenvalue weighted by Gasteiger charge is 2.24. The van der Waals surface area contributed by atoms with E-state index in [4.69, 9.17) is 4.74 Å². The van der Waals surface area contributed by atoms with Gasteiger partial charge in [0, 0.05) is 19.2 Å². The topological polar surface area (TPSA) is 102 Å². The van der Waals surface area contributed by atoms with Gasteiger partial charge in [0.15, 0.2) is 5.78 Å². The lowest BCUT2D eigenvalue weighted by Crippen LogP contribution is -2.41. The van der Waals surface area contributed by atoms with Gasteiger partial charge in [0.2, 0.25) is 0 Å². The molecule has 0 saturated carbocycles. The number of Topliss-reactive ketones (excluding diaryl/α,β-unsaturated/α-hetero) is 1. The highest BCUT2D eigenvalue weighted by Crippen LogP contribution is 2.18. The molecule has 1 amide bonds. The average molecular weight is 307 g/mol. The van der Waals surface area contributed by atoms with Crippen LogP contribution in [0.4, 0.5) is 10.5 Å². The van der Waals surface area contributed by atoms with Crippen molar-refractivity contribution < 1.29 is 19.2 Å². The van der Waals surface area contributed by atoms with Crippen LogP contribution in [-0.2, 0) is 4.79 Å². The first kappa shape index (κ1) is 15.9. The number of ether oxygens (including phenoxy) is 1. The summed E-state index contributed by atoms with van der Waals surface area (Å²) >= 11 is 0. The quantitative estimate of drug-likeness (QED) is 0.650. The number of nitrogens with zero attached hydrogens (tertiary/aromatic N) is 2. The number of amides is 1. The highest BCUT2D eigenvalue weighted by atomic mass is 16.6. The van der Waals surface area contributed by atoms with Gasteiger partial charge in [-0.1, -0.05) is 0 Å². The van der Waals surface area contributed by atoms with Crippen molar-refractivity contribution in [2.24, 2.45) is 0 Å². The Bertz CT molecular complexity index is 566. The number of non-ortho nitro benzene ring substituents is 1. The third kappa shape index (κ3) is 4.01. The second kappa shape index (κ2) is 6.99. The van der Waals surface area contributed by atoms with Crippen LogP contribution in [-0.4, -0.2) is 47.9 Å². The van der Waals surface area contributed by atoms with Crippen LogP contribution in [0.5, 0.6) is 5.75 Å². The van der Waals surface area contributed by atoms with Crippen molar-refractivity contribution in [1.82, 2.24) is 10.2 Å². The number of nitro groups is 1. The van der Waals surface area contributed by atoms with Crippen LogP contribution >= 0.6 is 0 Å². The van der Waals surface area contributed by atoms with Gasteiger partial charge in [0.1, 0.15) is 5.75 Å². The zero-order chi connectivity index (χ0) is 16.1. The van der Waals surface area contributed by atoms with Crippen molar-refractivity contribution in [2.45, 2.75) is 18.9 Å². The zero-order valence-corrected chi connectivity index (χ0v) is 12.2. The van der Waals surface area contributed by atoms with Crippen LogP contribution in [0, 0.1) is 10.1 Å². The Kier molecular flexibility index (Phi) is 5.05. The van der Waals surface area contributed by atoms with Gasteiger partial charge in [-0.2, -0.15) is 0 Å².